The zero-order valence-corrected chi connectivity index (χ0v) is 17.9. The van der Waals surface area contributed by atoms with Gasteiger partial charge < -0.3 is 20.1 Å². The molecule has 2 aromatic rings. The fourth-order valence-electron chi connectivity index (χ4n) is 2.31. The van der Waals surface area contributed by atoms with Crippen LogP contribution in [0.15, 0.2) is 53.5 Å². The third-order valence-corrected chi connectivity index (χ3v) is 3.77. The van der Waals surface area contributed by atoms with Crippen molar-refractivity contribution >= 4 is 29.9 Å². The zero-order valence-electron chi connectivity index (χ0n) is 15.6. The topological polar surface area (TPSA) is 54.9 Å². The van der Waals surface area contributed by atoms with Crippen LogP contribution in [0.4, 0.5) is 0 Å². The van der Waals surface area contributed by atoms with E-state index in [1.807, 2.05) is 36.4 Å². The van der Waals surface area contributed by atoms with Crippen molar-refractivity contribution in [2.24, 2.45) is 4.99 Å². The maximum atomic E-state index is 5.69. The molecule has 0 saturated heterocycles. The molecule has 0 aliphatic heterocycles. The van der Waals surface area contributed by atoms with Crippen molar-refractivity contribution in [3.63, 3.8) is 0 Å². The van der Waals surface area contributed by atoms with E-state index in [-0.39, 0.29) is 24.0 Å². The molecule has 0 heterocycles. The van der Waals surface area contributed by atoms with Gasteiger partial charge in [-0.15, -0.1) is 24.0 Å². The summed E-state index contributed by atoms with van der Waals surface area (Å²) in [7, 11) is 3.44. The van der Waals surface area contributed by atoms with Crippen LogP contribution in [0.5, 0.6) is 11.5 Å². The molecule has 0 fully saturated rings. The molecule has 26 heavy (non-hydrogen) atoms. The SMILES string of the molecule is CN=C(NCCOc1ccc(C)cc1)NCCc1ccc(OC)cc1.I. The minimum Gasteiger partial charge on any atom is -0.497 e. The first-order valence-corrected chi connectivity index (χ1v) is 8.48. The molecule has 2 rings (SSSR count). The number of ether oxygens (including phenoxy) is 2. The van der Waals surface area contributed by atoms with Crippen LogP contribution in [0.25, 0.3) is 0 Å². The number of guanidine groups is 1. The smallest absolute Gasteiger partial charge is 0.191 e. The van der Waals surface area contributed by atoms with E-state index < -0.39 is 0 Å². The number of rotatable bonds is 8. The predicted molar refractivity (Wildman–Crippen MR) is 118 cm³/mol. The lowest BCUT2D eigenvalue weighted by atomic mass is 10.1. The second-order valence-corrected chi connectivity index (χ2v) is 5.69. The summed E-state index contributed by atoms with van der Waals surface area (Å²) in [5.74, 6) is 2.54. The molecule has 0 aliphatic rings. The summed E-state index contributed by atoms with van der Waals surface area (Å²) in [4.78, 5) is 4.22. The largest absolute Gasteiger partial charge is 0.497 e. The molecular weight excluding hydrogens is 441 g/mol. The van der Waals surface area contributed by atoms with Gasteiger partial charge in [-0.2, -0.15) is 0 Å². The Labute approximate surface area is 173 Å². The van der Waals surface area contributed by atoms with Crippen molar-refractivity contribution < 1.29 is 9.47 Å². The number of hydrogen-bond donors (Lipinski definition) is 2. The number of methoxy groups -OCH3 is 1. The Morgan fingerprint density at radius 1 is 0.923 bits per heavy atom. The summed E-state index contributed by atoms with van der Waals surface area (Å²) in [6, 6.07) is 16.2. The van der Waals surface area contributed by atoms with Crippen molar-refractivity contribution in [2.45, 2.75) is 13.3 Å². The van der Waals surface area contributed by atoms with E-state index in [1.165, 1.54) is 11.1 Å². The molecular formula is C20H28IN3O2. The van der Waals surface area contributed by atoms with Gasteiger partial charge >= 0.3 is 0 Å². The van der Waals surface area contributed by atoms with Gasteiger partial charge in [0.2, 0.25) is 0 Å². The van der Waals surface area contributed by atoms with Gasteiger partial charge in [-0.3, -0.25) is 4.99 Å². The molecule has 2 N–H and O–H groups in total. The van der Waals surface area contributed by atoms with Gasteiger partial charge in [0.25, 0.3) is 0 Å². The van der Waals surface area contributed by atoms with Crippen molar-refractivity contribution in [2.75, 3.05) is 33.9 Å². The highest BCUT2D eigenvalue weighted by molar-refractivity contribution is 14.0. The molecule has 2 aromatic carbocycles. The van der Waals surface area contributed by atoms with E-state index in [0.29, 0.717) is 13.2 Å². The third kappa shape index (κ3) is 7.95. The molecule has 142 valence electrons. The van der Waals surface area contributed by atoms with E-state index >= 15 is 0 Å². The number of benzene rings is 2. The lowest BCUT2D eigenvalue weighted by Crippen LogP contribution is -2.40. The van der Waals surface area contributed by atoms with Crippen molar-refractivity contribution in [3.05, 3.63) is 59.7 Å². The highest BCUT2D eigenvalue weighted by Crippen LogP contribution is 2.11. The predicted octanol–water partition coefficient (Wildman–Crippen LogP) is 3.41. The lowest BCUT2D eigenvalue weighted by molar-refractivity contribution is 0.322. The minimum absolute atomic E-state index is 0. The number of halogens is 1. The maximum absolute atomic E-state index is 5.69. The molecule has 0 aliphatic carbocycles. The van der Waals surface area contributed by atoms with Crippen LogP contribution in [0.3, 0.4) is 0 Å². The molecule has 0 atom stereocenters. The summed E-state index contributed by atoms with van der Waals surface area (Å²) in [6.45, 7) is 4.15. The van der Waals surface area contributed by atoms with Crippen LogP contribution >= 0.6 is 24.0 Å². The molecule has 0 unspecified atom stereocenters. The van der Waals surface area contributed by atoms with Gasteiger partial charge in [0.05, 0.1) is 13.7 Å². The Morgan fingerprint density at radius 2 is 1.54 bits per heavy atom. The first-order chi connectivity index (χ1) is 12.2. The standard InChI is InChI=1S/C20H27N3O2.HI/c1-16-4-8-19(9-5-16)25-15-14-23-20(21-2)22-13-12-17-6-10-18(24-3)11-7-17;/h4-11H,12-15H2,1-3H3,(H2,21,22,23);1H. The summed E-state index contributed by atoms with van der Waals surface area (Å²) >= 11 is 0. The lowest BCUT2D eigenvalue weighted by Gasteiger charge is -2.12. The van der Waals surface area contributed by atoms with E-state index in [9.17, 15) is 0 Å². The molecule has 0 aromatic heterocycles. The first kappa shape index (κ1) is 22.1. The highest BCUT2D eigenvalue weighted by Gasteiger charge is 1.99. The monoisotopic (exact) mass is 469 g/mol. The van der Waals surface area contributed by atoms with Gasteiger partial charge in [-0.05, 0) is 43.2 Å². The summed E-state index contributed by atoms with van der Waals surface area (Å²) in [5.41, 5.74) is 2.48. The molecule has 0 amide bonds. The fourth-order valence-corrected chi connectivity index (χ4v) is 2.31. The Hall–Kier alpha value is -1.96. The molecule has 0 spiro atoms. The quantitative estimate of drug-likeness (QED) is 0.269. The van der Waals surface area contributed by atoms with Crippen LogP contribution in [0.1, 0.15) is 11.1 Å². The van der Waals surface area contributed by atoms with Gasteiger partial charge in [-0.1, -0.05) is 29.8 Å². The highest BCUT2D eigenvalue weighted by atomic mass is 127. The number of nitrogens with zero attached hydrogens (tertiary/aromatic N) is 1. The van der Waals surface area contributed by atoms with Crippen molar-refractivity contribution in [3.8, 4) is 11.5 Å². The Morgan fingerprint density at radius 3 is 2.15 bits per heavy atom. The second-order valence-electron chi connectivity index (χ2n) is 5.69. The summed E-state index contributed by atoms with van der Waals surface area (Å²) < 4.78 is 10.9. The minimum atomic E-state index is 0. The third-order valence-electron chi connectivity index (χ3n) is 3.77. The second kappa shape index (κ2) is 12.4. The van der Waals surface area contributed by atoms with Crippen LogP contribution in [-0.2, 0) is 6.42 Å². The number of aliphatic imine (C=N–C) groups is 1. The van der Waals surface area contributed by atoms with E-state index in [1.54, 1.807) is 14.2 Å². The number of hydrogen-bond acceptors (Lipinski definition) is 3. The number of aryl methyl sites for hydroxylation is 1. The van der Waals surface area contributed by atoms with Gasteiger partial charge in [-0.25, -0.2) is 0 Å². The van der Waals surface area contributed by atoms with Gasteiger partial charge in [0.1, 0.15) is 18.1 Å². The summed E-state index contributed by atoms with van der Waals surface area (Å²) in [6.07, 6.45) is 0.921. The Kier molecular flexibility index (Phi) is 10.5. The molecule has 5 nitrogen and oxygen atoms in total. The van der Waals surface area contributed by atoms with E-state index in [4.69, 9.17) is 9.47 Å². The van der Waals surface area contributed by atoms with Crippen LogP contribution < -0.4 is 20.1 Å². The summed E-state index contributed by atoms with van der Waals surface area (Å²) in [5, 5.41) is 6.55. The van der Waals surface area contributed by atoms with Crippen LogP contribution in [-0.4, -0.2) is 39.8 Å². The number of nitrogens with one attached hydrogen (secondary N) is 2. The van der Waals surface area contributed by atoms with E-state index in [0.717, 1.165) is 30.4 Å². The normalized spacial score (nSPS) is 10.7. The van der Waals surface area contributed by atoms with E-state index in [2.05, 4.69) is 34.7 Å². The van der Waals surface area contributed by atoms with Crippen LogP contribution in [0.2, 0.25) is 0 Å². The maximum Gasteiger partial charge on any atom is 0.191 e. The van der Waals surface area contributed by atoms with Crippen LogP contribution in [0, 0.1) is 6.92 Å². The average Bonchev–Trinajstić information content (AvgIpc) is 2.65. The molecule has 0 radical (unpaired) electrons. The van der Waals surface area contributed by atoms with Crippen molar-refractivity contribution in [1.29, 1.82) is 0 Å². The fraction of sp³-hybridized carbons (Fsp3) is 0.350. The molecule has 0 bridgehead atoms. The Bertz CT molecular complexity index is 658. The zero-order chi connectivity index (χ0) is 17.9. The van der Waals surface area contributed by atoms with Crippen molar-refractivity contribution in [1.82, 2.24) is 10.6 Å². The molecule has 0 saturated carbocycles. The Balaban J connectivity index is 0.00000338. The molecule has 6 heteroatoms. The average molecular weight is 469 g/mol. The van der Waals surface area contributed by atoms with Gasteiger partial charge in [0.15, 0.2) is 5.96 Å². The van der Waals surface area contributed by atoms with Gasteiger partial charge in [0, 0.05) is 13.6 Å². The first-order valence-electron chi connectivity index (χ1n) is 8.48.